The summed E-state index contributed by atoms with van der Waals surface area (Å²) in [7, 11) is 0. The predicted octanol–water partition coefficient (Wildman–Crippen LogP) is 38.1. The molecule has 2 aromatic heterocycles. The molecule has 0 unspecified atom stereocenters. The highest BCUT2D eigenvalue weighted by Crippen LogP contribution is 2.67. The molecule has 30 rings (SSSR count). The highest BCUT2D eigenvalue weighted by Gasteiger charge is 2.52. The maximum Gasteiger partial charge on any atom is 0.137 e. The van der Waals surface area contributed by atoms with Gasteiger partial charge in [-0.25, -0.2) is 0 Å². The van der Waals surface area contributed by atoms with Gasteiger partial charge in [0.25, 0.3) is 0 Å². The fourth-order valence-corrected chi connectivity index (χ4v) is 25.9. The van der Waals surface area contributed by atoms with Crippen molar-refractivity contribution in [1.82, 2.24) is 0 Å². The van der Waals surface area contributed by atoms with E-state index in [9.17, 15) is 0 Å². The molecule has 0 fully saturated rings. The maximum atomic E-state index is 6.44. The fourth-order valence-electron chi connectivity index (χ4n) is 25.9. The van der Waals surface area contributed by atoms with Crippen LogP contribution in [0.4, 0.5) is 51.2 Å². The SMILES string of the molecule is CC1(C)c2ccccc2-c2ccc(N(c3ccccc3)c3cccc4c3-c3c(ccc5ccccc35)C4(c3ccccc3)c3ccccc3)cc21.c1ccc(N(c2ccc3c(c2)oc2ccccc23)c2cccc3c2-c2c(ccc4ccccc24)C3(c2ccccc2)c2ccccc2)cc1.c1ccc(N(c2ccc3oc4ccccc4c3c2)c2cccc3c2-c2c(ccc4ccccc24)C3(c2ccccc2)c2ccccc2)cc1. The second-order valence-electron chi connectivity index (χ2n) is 40.1. The highest BCUT2D eigenvalue weighted by molar-refractivity contribution is 6.15. The first-order chi connectivity index (χ1) is 73.7. The minimum absolute atomic E-state index is 0.110. The van der Waals surface area contributed by atoms with Crippen molar-refractivity contribution in [3.63, 3.8) is 0 Å². The van der Waals surface area contributed by atoms with Gasteiger partial charge < -0.3 is 23.5 Å². The maximum absolute atomic E-state index is 6.44. The van der Waals surface area contributed by atoms with Crippen molar-refractivity contribution in [2.75, 3.05) is 14.7 Å². The van der Waals surface area contributed by atoms with Crippen molar-refractivity contribution in [3.05, 3.63) is 642 Å². The molecule has 4 aliphatic carbocycles. The molecular formula is C144H99N3O2. The van der Waals surface area contributed by atoms with E-state index in [0.29, 0.717) is 0 Å². The molecule has 0 N–H and O–H groups in total. The van der Waals surface area contributed by atoms with E-state index in [1.54, 1.807) is 0 Å². The summed E-state index contributed by atoms with van der Waals surface area (Å²) in [4.78, 5) is 7.33. The van der Waals surface area contributed by atoms with E-state index in [0.717, 1.165) is 89.4 Å². The highest BCUT2D eigenvalue weighted by atomic mass is 16.3. The van der Waals surface area contributed by atoms with E-state index >= 15 is 0 Å². The summed E-state index contributed by atoms with van der Waals surface area (Å²) in [5, 5.41) is 12.0. The van der Waals surface area contributed by atoms with E-state index < -0.39 is 16.2 Å². The van der Waals surface area contributed by atoms with Crippen LogP contribution in [-0.2, 0) is 21.7 Å². The Morgan fingerprint density at radius 1 is 0.154 bits per heavy atom. The summed E-state index contributed by atoms with van der Waals surface area (Å²) >= 11 is 0. The van der Waals surface area contributed by atoms with Gasteiger partial charge in [-0.3, -0.25) is 0 Å². The van der Waals surface area contributed by atoms with Crippen molar-refractivity contribution >= 4 is 127 Å². The Morgan fingerprint density at radius 3 is 0.812 bits per heavy atom. The average molecular weight is 1900 g/mol. The van der Waals surface area contributed by atoms with Crippen LogP contribution in [0.1, 0.15) is 91.7 Å². The van der Waals surface area contributed by atoms with E-state index in [1.165, 1.54) is 160 Å². The minimum atomic E-state index is -0.516. The summed E-state index contributed by atoms with van der Waals surface area (Å²) in [5.41, 5.74) is 40.4. The summed E-state index contributed by atoms with van der Waals surface area (Å²) in [6.07, 6.45) is 0. The number of rotatable bonds is 15. The van der Waals surface area contributed by atoms with Gasteiger partial charge in [0.05, 0.1) is 33.3 Å². The zero-order valence-corrected chi connectivity index (χ0v) is 82.4. The normalized spacial score (nSPS) is 13.5. The Labute approximate surface area is 866 Å². The van der Waals surface area contributed by atoms with Crippen LogP contribution in [0.2, 0.25) is 0 Å². The number of hydrogen-bond acceptors (Lipinski definition) is 5. The third kappa shape index (κ3) is 13.6. The fraction of sp³-hybridized carbons (Fsp3) is 0.0417. The third-order valence-corrected chi connectivity index (χ3v) is 32.2. The Kier molecular flexibility index (Phi) is 20.9. The summed E-state index contributed by atoms with van der Waals surface area (Å²) < 4.78 is 12.7. The van der Waals surface area contributed by atoms with Gasteiger partial charge in [-0.1, -0.05) is 463 Å². The molecule has 2 heterocycles. The number of furan rings is 2. The van der Waals surface area contributed by atoms with Crippen LogP contribution in [0.5, 0.6) is 0 Å². The molecule has 0 amide bonds. The first-order valence-corrected chi connectivity index (χ1v) is 51.7. The molecule has 0 atom stereocenters. The molecule has 26 aromatic rings. The van der Waals surface area contributed by atoms with Crippen LogP contribution in [-0.4, -0.2) is 0 Å². The first-order valence-electron chi connectivity index (χ1n) is 51.7. The van der Waals surface area contributed by atoms with Gasteiger partial charge in [-0.2, -0.15) is 0 Å². The number of benzene rings is 24. The molecule has 0 radical (unpaired) electrons. The molecular weight excluding hydrogens is 1800 g/mol. The summed E-state index contributed by atoms with van der Waals surface area (Å²) in [6, 6.07) is 206. The lowest BCUT2D eigenvalue weighted by Crippen LogP contribution is -2.28. The molecule has 0 bridgehead atoms. The van der Waals surface area contributed by atoms with Gasteiger partial charge in [0, 0.05) is 83.8 Å². The largest absolute Gasteiger partial charge is 0.456 e. The van der Waals surface area contributed by atoms with E-state index in [-0.39, 0.29) is 5.41 Å². The molecule has 702 valence electrons. The topological polar surface area (TPSA) is 36.0 Å². The molecule has 0 aliphatic heterocycles. The van der Waals surface area contributed by atoms with E-state index in [1.807, 2.05) is 24.3 Å². The van der Waals surface area contributed by atoms with Gasteiger partial charge in [-0.15, -0.1) is 0 Å². The van der Waals surface area contributed by atoms with Gasteiger partial charge in [-0.05, 0) is 247 Å². The third-order valence-electron chi connectivity index (χ3n) is 32.2. The van der Waals surface area contributed by atoms with Crippen LogP contribution < -0.4 is 14.7 Å². The van der Waals surface area contributed by atoms with Gasteiger partial charge in [0.1, 0.15) is 22.3 Å². The van der Waals surface area contributed by atoms with Crippen LogP contribution in [0, 0.1) is 0 Å². The Balaban J connectivity index is 0.000000108. The molecule has 4 aliphatic rings. The quantitative estimate of drug-likeness (QED) is 0.102. The van der Waals surface area contributed by atoms with Crippen LogP contribution in [0.15, 0.2) is 573 Å². The zero-order chi connectivity index (χ0) is 98.9. The standard InChI is InChI=1S/C50H37N.2C47H31NO/c1-49(2)42-26-15-14-25-40(42)41-31-30-38(33-45(41)49)51(37-22-10-5-11-23-37)46-28-16-27-43-48(46)47-39-24-13-12-17-34(39)29-32-44(47)50(43,35-18-6-3-7-19-35)36-20-8-4-9-21-36;1-4-16-33(17-5-1)47(34-18-6-2-7-19-34)40-24-14-25-42(46(40)45-37-22-11-10-15-32(37)27-30-41(45)47)48(35-20-8-3-9-21-35)36-28-29-39-38-23-12-13-26-43(38)49-44(39)31-36;1-4-16-33(17-5-1)47(34-18-6-2-7-19-34)40-24-14-25-42(46(40)45-37-22-11-10-15-32(37)27-29-41(45)47)48(35-20-8-3-9-21-35)36-28-30-44-39(31-36)38-23-12-13-26-43(38)49-44/h3-33H,1-2H3;2*1-31H. The van der Waals surface area contributed by atoms with Crippen molar-refractivity contribution < 1.29 is 8.83 Å². The molecule has 24 aromatic carbocycles. The van der Waals surface area contributed by atoms with E-state index in [2.05, 4.69) is 568 Å². The lowest BCUT2D eigenvalue weighted by molar-refractivity contribution is 0.660. The Morgan fingerprint density at radius 2 is 0.423 bits per heavy atom. The lowest BCUT2D eigenvalue weighted by Gasteiger charge is -2.34. The van der Waals surface area contributed by atoms with Crippen molar-refractivity contribution in [3.8, 4) is 44.5 Å². The molecule has 5 nitrogen and oxygen atoms in total. The van der Waals surface area contributed by atoms with Crippen molar-refractivity contribution in [2.24, 2.45) is 0 Å². The van der Waals surface area contributed by atoms with Gasteiger partial charge >= 0.3 is 0 Å². The molecule has 0 saturated heterocycles. The van der Waals surface area contributed by atoms with Crippen LogP contribution >= 0.6 is 0 Å². The number of fused-ring (bicyclic) bond motifs is 24. The van der Waals surface area contributed by atoms with Gasteiger partial charge in [0.15, 0.2) is 0 Å². The first kappa shape index (κ1) is 87.8. The minimum Gasteiger partial charge on any atom is -0.456 e. The van der Waals surface area contributed by atoms with Crippen LogP contribution in [0.3, 0.4) is 0 Å². The number of nitrogens with zero attached hydrogens (tertiary/aromatic N) is 3. The predicted molar refractivity (Wildman–Crippen MR) is 620 cm³/mol. The monoisotopic (exact) mass is 1900 g/mol. The molecule has 0 spiro atoms. The second-order valence-corrected chi connectivity index (χ2v) is 40.1. The van der Waals surface area contributed by atoms with Crippen molar-refractivity contribution in [1.29, 1.82) is 0 Å². The Bertz CT molecular complexity index is 9560. The second kappa shape index (κ2) is 35.5. The molecule has 5 heteroatoms. The smallest absolute Gasteiger partial charge is 0.137 e. The number of para-hydroxylation sites is 5. The van der Waals surface area contributed by atoms with E-state index in [4.69, 9.17) is 8.83 Å². The molecule has 0 saturated carbocycles. The summed E-state index contributed by atoms with van der Waals surface area (Å²) in [5.74, 6) is 0. The number of hydrogen-bond donors (Lipinski definition) is 0. The van der Waals surface area contributed by atoms with Crippen LogP contribution in [0.25, 0.3) is 121 Å². The van der Waals surface area contributed by atoms with Crippen molar-refractivity contribution in [2.45, 2.75) is 35.5 Å². The average Bonchev–Trinajstić information content (AvgIpc) is 1.52. The Hall–Kier alpha value is -18.9. The van der Waals surface area contributed by atoms with Gasteiger partial charge in [0.2, 0.25) is 0 Å². The lowest BCUT2D eigenvalue weighted by atomic mass is 9.67. The summed E-state index contributed by atoms with van der Waals surface area (Å²) in [6.45, 7) is 4.73. The zero-order valence-electron chi connectivity index (χ0n) is 82.4. The number of anilines is 9. The molecule has 149 heavy (non-hydrogen) atoms.